The number of phenolic OH excluding ortho intramolecular Hbond substituents is 1. The van der Waals surface area contributed by atoms with Crippen molar-refractivity contribution in [3.8, 4) is 5.75 Å². The van der Waals surface area contributed by atoms with E-state index in [1.165, 1.54) is 31.4 Å². The van der Waals surface area contributed by atoms with E-state index in [9.17, 15) is 14.7 Å². The van der Waals surface area contributed by atoms with Crippen molar-refractivity contribution in [2.75, 3.05) is 38.4 Å². The minimum absolute atomic E-state index is 0.0350. The van der Waals surface area contributed by atoms with Gasteiger partial charge in [-0.15, -0.1) is 0 Å². The van der Waals surface area contributed by atoms with Crippen LogP contribution in [0, 0.1) is 0 Å². The van der Waals surface area contributed by atoms with Crippen molar-refractivity contribution in [1.29, 1.82) is 0 Å². The molecule has 110 valence electrons. The summed E-state index contributed by atoms with van der Waals surface area (Å²) in [4.78, 5) is 23.9. The number of aromatic hydroxyl groups is 1. The van der Waals surface area contributed by atoms with Gasteiger partial charge in [-0.2, -0.15) is 0 Å². The van der Waals surface area contributed by atoms with Crippen molar-refractivity contribution in [1.82, 2.24) is 0 Å². The highest BCUT2D eigenvalue weighted by Crippen LogP contribution is 2.18. The van der Waals surface area contributed by atoms with E-state index in [0.29, 0.717) is 12.3 Å². The van der Waals surface area contributed by atoms with Crippen LogP contribution in [0.4, 0.5) is 5.69 Å². The molecule has 1 amide bonds. The summed E-state index contributed by atoms with van der Waals surface area (Å²) in [7, 11) is 1.51. The molecule has 7 heteroatoms. The molecule has 0 unspecified atom stereocenters. The molecule has 0 heterocycles. The van der Waals surface area contributed by atoms with Crippen LogP contribution in [0.1, 0.15) is 0 Å². The van der Waals surface area contributed by atoms with Gasteiger partial charge in [-0.1, -0.05) is 0 Å². The second-order valence-corrected chi connectivity index (χ2v) is 3.94. The number of rotatable bonds is 8. The van der Waals surface area contributed by atoms with Crippen LogP contribution in [0.15, 0.2) is 24.3 Å². The van der Waals surface area contributed by atoms with Crippen molar-refractivity contribution in [2.45, 2.75) is 0 Å². The standard InChI is InChI=1S/C13H17NO6/c1-19-6-7-20-9-12(16)14(8-13(17)18)10-2-4-11(15)5-3-10/h2-5,15H,6-9H2,1H3,(H,17,18). The minimum atomic E-state index is -1.14. The third kappa shape index (κ3) is 5.25. The predicted octanol–water partition coefficient (Wildman–Crippen LogP) is 0.473. The van der Waals surface area contributed by atoms with Crippen LogP contribution >= 0.6 is 0 Å². The molecule has 1 aromatic carbocycles. The van der Waals surface area contributed by atoms with E-state index < -0.39 is 18.4 Å². The number of hydrogen-bond acceptors (Lipinski definition) is 5. The molecule has 1 rings (SSSR count). The molecule has 0 saturated heterocycles. The molecular weight excluding hydrogens is 266 g/mol. The summed E-state index contributed by atoms with van der Waals surface area (Å²) in [6.07, 6.45) is 0. The number of amides is 1. The Kier molecular flexibility index (Phi) is 6.48. The predicted molar refractivity (Wildman–Crippen MR) is 70.8 cm³/mol. The first-order valence-corrected chi connectivity index (χ1v) is 5.92. The quantitative estimate of drug-likeness (QED) is 0.673. The van der Waals surface area contributed by atoms with Crippen LogP contribution in [-0.4, -0.2) is 55.6 Å². The Morgan fingerprint density at radius 1 is 1.20 bits per heavy atom. The Bertz CT molecular complexity index is 445. The lowest BCUT2D eigenvalue weighted by molar-refractivity contribution is -0.137. The molecule has 0 aromatic heterocycles. The van der Waals surface area contributed by atoms with Crippen molar-refractivity contribution in [2.24, 2.45) is 0 Å². The number of carboxylic acids is 1. The van der Waals surface area contributed by atoms with Crippen LogP contribution < -0.4 is 4.90 Å². The van der Waals surface area contributed by atoms with Crippen LogP contribution in [0.3, 0.4) is 0 Å². The average molecular weight is 283 g/mol. The second-order valence-electron chi connectivity index (χ2n) is 3.94. The van der Waals surface area contributed by atoms with Gasteiger partial charge >= 0.3 is 5.97 Å². The molecule has 0 atom stereocenters. The number of nitrogens with zero attached hydrogens (tertiary/aromatic N) is 1. The molecule has 0 aliphatic carbocycles. The van der Waals surface area contributed by atoms with Gasteiger partial charge in [0, 0.05) is 12.8 Å². The highest BCUT2D eigenvalue weighted by Gasteiger charge is 2.18. The minimum Gasteiger partial charge on any atom is -0.508 e. The number of hydrogen-bond donors (Lipinski definition) is 2. The summed E-state index contributed by atoms with van der Waals surface area (Å²) in [6.45, 7) is -0.112. The number of carbonyl (C=O) groups is 2. The lowest BCUT2D eigenvalue weighted by Gasteiger charge is -2.20. The first kappa shape index (κ1) is 15.9. The third-order valence-corrected chi connectivity index (χ3v) is 2.41. The number of carbonyl (C=O) groups excluding carboxylic acids is 1. The monoisotopic (exact) mass is 283 g/mol. The van der Waals surface area contributed by atoms with Crippen molar-refractivity contribution in [3.05, 3.63) is 24.3 Å². The van der Waals surface area contributed by atoms with Gasteiger partial charge in [0.15, 0.2) is 0 Å². The summed E-state index contributed by atoms with van der Waals surface area (Å²) in [5.41, 5.74) is 0.380. The van der Waals surface area contributed by atoms with E-state index in [0.717, 1.165) is 4.90 Å². The SMILES string of the molecule is COCCOCC(=O)N(CC(=O)O)c1ccc(O)cc1. The Labute approximate surface area is 116 Å². The lowest BCUT2D eigenvalue weighted by Crippen LogP contribution is -2.38. The van der Waals surface area contributed by atoms with Gasteiger partial charge in [-0.25, -0.2) is 0 Å². The second kappa shape index (κ2) is 8.13. The molecule has 20 heavy (non-hydrogen) atoms. The zero-order valence-electron chi connectivity index (χ0n) is 11.1. The zero-order valence-corrected chi connectivity index (χ0v) is 11.1. The Morgan fingerprint density at radius 3 is 2.40 bits per heavy atom. The molecule has 0 spiro atoms. The number of methoxy groups -OCH3 is 1. The van der Waals surface area contributed by atoms with E-state index in [1.807, 2.05) is 0 Å². The maximum Gasteiger partial charge on any atom is 0.323 e. The van der Waals surface area contributed by atoms with Crippen molar-refractivity contribution in [3.63, 3.8) is 0 Å². The Morgan fingerprint density at radius 2 is 1.85 bits per heavy atom. The maximum absolute atomic E-state index is 12.0. The van der Waals surface area contributed by atoms with E-state index in [-0.39, 0.29) is 19.0 Å². The Hall–Kier alpha value is -2.12. The van der Waals surface area contributed by atoms with Crippen LogP contribution in [0.2, 0.25) is 0 Å². The average Bonchev–Trinajstić information content (AvgIpc) is 2.42. The van der Waals surface area contributed by atoms with Crippen LogP contribution in [0.25, 0.3) is 0 Å². The molecule has 2 N–H and O–H groups in total. The number of benzene rings is 1. The third-order valence-electron chi connectivity index (χ3n) is 2.41. The van der Waals surface area contributed by atoms with Crippen molar-refractivity contribution < 1.29 is 29.3 Å². The van der Waals surface area contributed by atoms with E-state index in [2.05, 4.69) is 0 Å². The maximum atomic E-state index is 12.0. The van der Waals surface area contributed by atoms with Crippen molar-refractivity contribution >= 4 is 17.6 Å². The van der Waals surface area contributed by atoms with Gasteiger partial charge in [0.1, 0.15) is 18.9 Å². The van der Waals surface area contributed by atoms with Crippen LogP contribution in [0.5, 0.6) is 5.75 Å². The summed E-state index contributed by atoms with van der Waals surface area (Å²) in [5.74, 6) is -1.58. The normalized spacial score (nSPS) is 10.2. The van der Waals surface area contributed by atoms with Gasteiger partial charge in [0.05, 0.1) is 13.2 Å². The number of anilines is 1. The number of aliphatic carboxylic acids is 1. The molecule has 0 bridgehead atoms. The summed E-state index contributed by atoms with van der Waals surface area (Å²) >= 11 is 0. The van der Waals surface area contributed by atoms with E-state index in [4.69, 9.17) is 14.6 Å². The number of phenols is 1. The van der Waals surface area contributed by atoms with Gasteiger partial charge < -0.3 is 19.7 Å². The zero-order chi connectivity index (χ0) is 15.0. The topological polar surface area (TPSA) is 96.3 Å². The van der Waals surface area contributed by atoms with E-state index in [1.54, 1.807) is 0 Å². The fraction of sp³-hybridized carbons (Fsp3) is 0.385. The van der Waals surface area contributed by atoms with Gasteiger partial charge in [-0.05, 0) is 24.3 Å². The van der Waals surface area contributed by atoms with Gasteiger partial charge in [0.2, 0.25) is 0 Å². The molecule has 1 aromatic rings. The lowest BCUT2D eigenvalue weighted by atomic mass is 10.2. The number of ether oxygens (including phenoxy) is 2. The summed E-state index contributed by atoms with van der Waals surface area (Å²) in [5, 5.41) is 18.1. The molecule has 0 fully saturated rings. The molecule has 0 aliphatic heterocycles. The largest absolute Gasteiger partial charge is 0.508 e. The Balaban J connectivity index is 2.70. The molecule has 0 saturated carbocycles. The van der Waals surface area contributed by atoms with Gasteiger partial charge in [0.25, 0.3) is 5.91 Å². The molecule has 0 radical (unpaired) electrons. The number of carboxylic acid groups (broad SMARTS) is 1. The first-order valence-electron chi connectivity index (χ1n) is 5.92. The fourth-order valence-electron chi connectivity index (χ4n) is 1.47. The molecule has 0 aliphatic rings. The highest BCUT2D eigenvalue weighted by atomic mass is 16.5. The summed E-state index contributed by atoms with van der Waals surface area (Å²) < 4.78 is 9.86. The van der Waals surface area contributed by atoms with E-state index >= 15 is 0 Å². The van der Waals surface area contributed by atoms with Crippen LogP contribution in [-0.2, 0) is 19.1 Å². The summed E-state index contributed by atoms with van der Waals surface area (Å²) in [6, 6.07) is 5.68. The van der Waals surface area contributed by atoms with Gasteiger partial charge in [-0.3, -0.25) is 14.5 Å². The smallest absolute Gasteiger partial charge is 0.323 e. The highest BCUT2D eigenvalue weighted by molar-refractivity contribution is 5.98. The molecular formula is C13H17NO6. The molecule has 7 nitrogen and oxygen atoms in total. The first-order chi connectivity index (χ1) is 9.54. The fourth-order valence-corrected chi connectivity index (χ4v) is 1.47.